The Bertz CT molecular complexity index is 1150. The minimum atomic E-state index is -1.29. The van der Waals surface area contributed by atoms with Crippen molar-refractivity contribution in [1.29, 1.82) is 0 Å². The molecule has 4 unspecified atom stereocenters. The molecule has 432 valence electrons. The van der Waals surface area contributed by atoms with Crippen molar-refractivity contribution in [2.75, 3.05) is 6.61 Å². The number of unbranched alkanes of at least 4 members (excludes halogenated alkanes) is 46. The summed E-state index contributed by atoms with van der Waals surface area (Å²) in [6.45, 7) is 4.09. The fraction of sp³-hybridized carbons (Fsp3) is 0.896. The van der Waals surface area contributed by atoms with Crippen LogP contribution in [0, 0.1) is 0 Å². The van der Waals surface area contributed by atoms with Gasteiger partial charge in [-0.15, -0.1) is 0 Å². The number of hydrogen-bond donors (Lipinski definition) is 5. The van der Waals surface area contributed by atoms with Crippen LogP contribution in [-0.2, 0) is 4.79 Å². The molecule has 1 amide bonds. The molecule has 0 aliphatic rings. The Balaban J connectivity index is 3.61. The van der Waals surface area contributed by atoms with E-state index >= 15 is 0 Å². The van der Waals surface area contributed by atoms with Gasteiger partial charge in [0.05, 0.1) is 18.8 Å². The molecule has 4 atom stereocenters. The Morgan fingerprint density at radius 1 is 0.329 bits per heavy atom. The average Bonchev–Trinajstić information content (AvgIpc) is 3.40. The Kier molecular flexibility index (Phi) is 60.1. The van der Waals surface area contributed by atoms with Crippen LogP contribution in [0.1, 0.15) is 354 Å². The first-order chi connectivity index (χ1) is 36.0. The fourth-order valence-corrected chi connectivity index (χ4v) is 10.4. The summed E-state index contributed by atoms with van der Waals surface area (Å²) < 4.78 is 0. The molecule has 0 aliphatic carbocycles. The smallest absolute Gasteiger partial charge is 0.249 e. The minimum Gasteiger partial charge on any atom is -0.394 e. The lowest BCUT2D eigenvalue weighted by molar-refractivity contribution is -0.132. The molecule has 0 bridgehead atoms. The molecule has 0 saturated heterocycles. The van der Waals surface area contributed by atoms with Gasteiger partial charge >= 0.3 is 0 Å². The van der Waals surface area contributed by atoms with Crippen molar-refractivity contribution < 1.29 is 25.2 Å². The fourth-order valence-electron chi connectivity index (χ4n) is 10.4. The third-order valence-corrected chi connectivity index (χ3v) is 15.6. The van der Waals surface area contributed by atoms with Gasteiger partial charge in [0, 0.05) is 0 Å². The molecule has 0 fully saturated rings. The zero-order chi connectivity index (χ0) is 53.0. The van der Waals surface area contributed by atoms with Crippen LogP contribution in [-0.4, -0.2) is 57.3 Å². The lowest BCUT2D eigenvalue weighted by Crippen LogP contribution is -2.53. The van der Waals surface area contributed by atoms with Gasteiger partial charge in [-0.1, -0.05) is 326 Å². The van der Waals surface area contributed by atoms with E-state index in [4.69, 9.17) is 0 Å². The number of aliphatic hydroxyl groups excluding tert-OH is 4. The first kappa shape index (κ1) is 71.5. The number of carbonyl (C=O) groups is 1. The first-order valence-electron chi connectivity index (χ1n) is 32.9. The van der Waals surface area contributed by atoms with Gasteiger partial charge in [-0.25, -0.2) is 0 Å². The van der Waals surface area contributed by atoms with E-state index in [-0.39, 0.29) is 0 Å². The molecule has 0 aliphatic heterocycles. The summed E-state index contributed by atoms with van der Waals surface area (Å²) in [6.07, 6.45) is 78.3. The van der Waals surface area contributed by atoms with Gasteiger partial charge in [-0.2, -0.15) is 0 Å². The molecule has 5 N–H and O–H groups in total. The summed E-state index contributed by atoms with van der Waals surface area (Å²) in [6, 6.07) is -1.01. The third kappa shape index (κ3) is 55.1. The van der Waals surface area contributed by atoms with Gasteiger partial charge in [-0.3, -0.25) is 4.79 Å². The highest BCUT2D eigenvalue weighted by molar-refractivity contribution is 5.80. The van der Waals surface area contributed by atoms with Crippen LogP contribution in [0.2, 0.25) is 0 Å². The number of amides is 1. The highest BCUT2D eigenvalue weighted by Gasteiger charge is 2.28. The van der Waals surface area contributed by atoms with Crippen molar-refractivity contribution in [2.45, 2.75) is 379 Å². The number of hydrogen-bond acceptors (Lipinski definition) is 5. The monoisotopic (exact) mass is 1030 g/mol. The number of nitrogens with one attached hydrogen (secondary N) is 1. The molecular weight excluding hydrogens is 899 g/mol. The zero-order valence-electron chi connectivity index (χ0n) is 49.2. The van der Waals surface area contributed by atoms with Gasteiger partial charge in [-0.05, 0) is 64.2 Å². The molecule has 73 heavy (non-hydrogen) atoms. The topological polar surface area (TPSA) is 110 Å². The molecule has 0 rings (SSSR count). The summed E-state index contributed by atoms with van der Waals surface area (Å²) >= 11 is 0. The Morgan fingerprint density at radius 2 is 0.575 bits per heavy atom. The second-order valence-electron chi connectivity index (χ2n) is 22.8. The van der Waals surface area contributed by atoms with Crippen LogP contribution < -0.4 is 5.32 Å². The maximum Gasteiger partial charge on any atom is 0.249 e. The van der Waals surface area contributed by atoms with Crippen molar-refractivity contribution >= 4 is 5.91 Å². The molecule has 0 spiro atoms. The van der Waals surface area contributed by atoms with Crippen molar-refractivity contribution in [2.24, 2.45) is 0 Å². The second kappa shape index (κ2) is 61.4. The maximum atomic E-state index is 12.6. The Morgan fingerprint density at radius 3 is 0.863 bits per heavy atom. The van der Waals surface area contributed by atoms with Crippen LogP contribution in [0.25, 0.3) is 0 Å². The van der Waals surface area contributed by atoms with Crippen molar-refractivity contribution in [3.05, 3.63) is 36.5 Å². The predicted octanol–water partition coefficient (Wildman–Crippen LogP) is 19.9. The van der Waals surface area contributed by atoms with Crippen molar-refractivity contribution in [3.63, 3.8) is 0 Å². The van der Waals surface area contributed by atoms with E-state index in [0.717, 1.165) is 51.4 Å². The van der Waals surface area contributed by atoms with Gasteiger partial charge in [0.2, 0.25) is 5.91 Å². The van der Waals surface area contributed by atoms with Crippen LogP contribution in [0.3, 0.4) is 0 Å². The Labute approximate surface area is 456 Å². The molecule has 0 heterocycles. The second-order valence-corrected chi connectivity index (χ2v) is 22.8. The highest BCUT2D eigenvalue weighted by atomic mass is 16.3. The van der Waals surface area contributed by atoms with E-state index in [0.29, 0.717) is 19.3 Å². The van der Waals surface area contributed by atoms with Crippen LogP contribution in [0.5, 0.6) is 0 Å². The van der Waals surface area contributed by atoms with Crippen LogP contribution in [0.15, 0.2) is 36.5 Å². The number of aliphatic hydroxyl groups is 4. The summed E-state index contributed by atoms with van der Waals surface area (Å²) in [7, 11) is 0. The largest absolute Gasteiger partial charge is 0.394 e. The van der Waals surface area contributed by atoms with Gasteiger partial charge in [0.1, 0.15) is 12.2 Å². The van der Waals surface area contributed by atoms with Crippen LogP contribution in [0.4, 0.5) is 0 Å². The molecule has 0 aromatic carbocycles. The summed E-state index contributed by atoms with van der Waals surface area (Å²) in [5, 5.41) is 44.1. The molecule has 6 heteroatoms. The molecular formula is C67H129NO5. The van der Waals surface area contributed by atoms with Gasteiger partial charge in [0.15, 0.2) is 0 Å². The maximum absolute atomic E-state index is 12.6. The number of allylic oxidation sites excluding steroid dienone is 6. The lowest BCUT2D eigenvalue weighted by atomic mass is 10.00. The van der Waals surface area contributed by atoms with E-state index in [1.54, 1.807) is 0 Å². The van der Waals surface area contributed by atoms with Crippen molar-refractivity contribution in [1.82, 2.24) is 5.32 Å². The normalized spacial score (nSPS) is 13.8. The average molecular weight is 1030 g/mol. The van der Waals surface area contributed by atoms with E-state index in [9.17, 15) is 25.2 Å². The number of rotatable bonds is 61. The van der Waals surface area contributed by atoms with Gasteiger partial charge < -0.3 is 25.7 Å². The van der Waals surface area contributed by atoms with E-state index < -0.39 is 36.9 Å². The zero-order valence-corrected chi connectivity index (χ0v) is 49.2. The van der Waals surface area contributed by atoms with Crippen LogP contribution >= 0.6 is 0 Å². The summed E-state index contributed by atoms with van der Waals surface area (Å²) in [5.41, 5.74) is 0. The lowest BCUT2D eigenvalue weighted by Gasteiger charge is -2.27. The van der Waals surface area contributed by atoms with Gasteiger partial charge in [0.25, 0.3) is 0 Å². The van der Waals surface area contributed by atoms with Crippen molar-refractivity contribution in [3.8, 4) is 0 Å². The first-order valence-corrected chi connectivity index (χ1v) is 32.9. The quantitative estimate of drug-likeness (QED) is 0.0308. The van der Waals surface area contributed by atoms with E-state index in [1.807, 2.05) is 0 Å². The molecule has 0 aromatic heterocycles. The molecule has 6 nitrogen and oxygen atoms in total. The van der Waals surface area contributed by atoms with E-state index in [1.165, 1.54) is 270 Å². The summed E-state index contributed by atoms with van der Waals surface area (Å²) in [5.74, 6) is -0.593. The minimum absolute atomic E-state index is 0.362. The summed E-state index contributed by atoms with van der Waals surface area (Å²) in [4.78, 5) is 12.6. The third-order valence-electron chi connectivity index (χ3n) is 15.6. The molecule has 0 radical (unpaired) electrons. The SMILES string of the molecule is CCCCCCCCCCCCCCC/C=C/CC/C=C/CC/C=C/CCCC(O)C(O)C(CO)NC(=O)C(O)CCCCCCCCCCCCCCCCCCCCCCCCCCCCCCCCC. The standard InChI is InChI=1S/C67H129NO5/c1-3-5-7-9-11-13-15-17-19-21-23-25-27-29-31-32-33-34-35-37-39-41-43-45-47-49-51-53-55-57-59-61-65(71)67(73)68-63(62-69)66(72)64(70)60-58-56-54-52-50-48-46-44-42-40-38-36-30-28-26-24-22-20-18-16-14-12-10-8-6-4-2/h36,38,44,46,52,54,63-66,69-72H,3-35,37,39-43,45,47-51,53,55-62H2,1-2H3,(H,68,73)/b38-36+,46-44+,54-52+. The van der Waals surface area contributed by atoms with E-state index in [2.05, 4.69) is 55.6 Å². The Hall–Kier alpha value is -1.47. The number of carbonyl (C=O) groups excluding carboxylic acids is 1. The highest BCUT2D eigenvalue weighted by Crippen LogP contribution is 2.19. The molecule has 0 aromatic rings. The predicted molar refractivity (Wildman–Crippen MR) is 321 cm³/mol. The molecule has 0 saturated carbocycles.